The first kappa shape index (κ1) is 73.8. The van der Waals surface area contributed by atoms with Crippen molar-refractivity contribution in [3.8, 4) is 11.5 Å². The highest BCUT2D eigenvalue weighted by molar-refractivity contribution is 7.89. The number of amides is 4. The minimum atomic E-state index is -4.18. The van der Waals surface area contributed by atoms with Gasteiger partial charge in [-0.25, -0.2) is 26.4 Å². The molecular formula is C61H90N6O16S2. The lowest BCUT2D eigenvalue weighted by molar-refractivity contribution is -0.144. The molecule has 24 heteroatoms. The van der Waals surface area contributed by atoms with Gasteiger partial charge in [0.25, 0.3) is 11.8 Å². The molecule has 4 aromatic rings. The van der Waals surface area contributed by atoms with Gasteiger partial charge in [-0.2, -0.15) is 9.44 Å². The Morgan fingerprint density at radius 2 is 0.824 bits per heavy atom. The van der Waals surface area contributed by atoms with Crippen LogP contribution in [0.4, 0.5) is 21.0 Å². The quantitative estimate of drug-likeness (QED) is 0.0568. The van der Waals surface area contributed by atoms with Gasteiger partial charge >= 0.3 is 24.1 Å². The first-order valence-electron chi connectivity index (χ1n) is 28.0. The summed E-state index contributed by atoms with van der Waals surface area (Å²) in [6, 6.07) is 21.4. The number of methoxy groups -OCH3 is 3. The number of nitrogens with one attached hydrogen (secondary N) is 4. The molecule has 6 rings (SSSR count). The van der Waals surface area contributed by atoms with Gasteiger partial charge < -0.3 is 49.6 Å². The molecular weight excluding hydrogens is 1140 g/mol. The second-order valence-corrected chi connectivity index (χ2v) is 26.5. The first-order valence-corrected chi connectivity index (χ1v) is 31.0. The lowest BCUT2D eigenvalue weighted by Crippen LogP contribution is -2.51. The number of aliphatic carboxylic acids is 1. The van der Waals surface area contributed by atoms with Gasteiger partial charge in [0.15, 0.2) is 0 Å². The van der Waals surface area contributed by atoms with Gasteiger partial charge in [-0.05, 0) is 173 Å². The fraction of sp³-hybridized carbons (Fsp3) is 0.508. The number of hydrogen-bond donors (Lipinski definition) is 6. The summed E-state index contributed by atoms with van der Waals surface area (Å²) in [7, 11) is -4.04. The third-order valence-corrected chi connectivity index (χ3v) is 14.7. The number of sulfonamides is 2. The van der Waals surface area contributed by atoms with Crippen molar-refractivity contribution in [1.82, 2.24) is 19.2 Å². The number of esters is 1. The van der Waals surface area contributed by atoms with Gasteiger partial charge in [0.05, 0.1) is 31.1 Å². The molecule has 2 fully saturated rings. The number of carbonyl (C=O) groups excluding carboxylic acids is 4. The standard InChI is InChI=1S/C27H35N3O8S.C22H25N3O8S.3C4H10/c1-27(2,3)38-26(33)30-16-14-18(15-17-30)23(25(32)37-5)29-39(34,35)22-12-8-20(9-13-22)28-24(31)19-6-10-21(36-4)11-7-19;1-33-17-6-2-15(3-7-17)20(26)23-16-4-8-18(9-5-16)34(31,32)24-19(21(27)28)14-10-12-25(13-11-14)22(29)30;3*1-4(2)3/h6-13,18,23,29H,14-17H2,1-5H3,(H,28,31);2-9,14,19,24H,10-13H2,1H3,(H,23,26)(H,27,28)(H,29,30);3*4H,1-3H3. The molecule has 0 aliphatic carbocycles. The van der Waals surface area contributed by atoms with Crippen LogP contribution in [0.25, 0.3) is 0 Å². The van der Waals surface area contributed by atoms with Crippen LogP contribution >= 0.6 is 0 Å². The molecule has 4 amide bonds. The van der Waals surface area contributed by atoms with E-state index >= 15 is 0 Å². The lowest BCUT2D eigenvalue weighted by Gasteiger charge is -2.35. The molecule has 4 aromatic carbocycles. The normalized spacial score (nSPS) is 14.4. The Kier molecular flexibility index (Phi) is 30.6. The molecule has 22 nitrogen and oxygen atoms in total. The first-order chi connectivity index (χ1) is 39.6. The molecule has 0 radical (unpaired) electrons. The van der Waals surface area contributed by atoms with E-state index in [-0.39, 0.29) is 47.5 Å². The van der Waals surface area contributed by atoms with Crippen LogP contribution in [0.15, 0.2) is 107 Å². The van der Waals surface area contributed by atoms with Crippen molar-refractivity contribution in [2.75, 3.05) is 58.1 Å². The number of carboxylic acid groups (broad SMARTS) is 2. The van der Waals surface area contributed by atoms with Gasteiger partial charge in [-0.3, -0.25) is 19.2 Å². The van der Waals surface area contributed by atoms with Crippen LogP contribution in [0, 0.1) is 29.6 Å². The number of rotatable bonds is 16. The third-order valence-electron chi connectivity index (χ3n) is 11.8. The fourth-order valence-corrected chi connectivity index (χ4v) is 10.3. The highest BCUT2D eigenvalue weighted by Gasteiger charge is 2.38. The number of ether oxygens (including phenoxy) is 4. The molecule has 0 bridgehead atoms. The topological polar surface area (TPSA) is 303 Å². The second kappa shape index (κ2) is 35.2. The van der Waals surface area contributed by atoms with Crippen molar-refractivity contribution in [2.45, 2.75) is 136 Å². The van der Waals surface area contributed by atoms with Crippen molar-refractivity contribution >= 4 is 67.4 Å². The Balaban J connectivity index is 0.000000490. The summed E-state index contributed by atoms with van der Waals surface area (Å²) >= 11 is 0. The fourth-order valence-electron chi connectivity index (χ4n) is 7.77. The average Bonchev–Trinajstić information content (AvgIpc) is 2.82. The number of likely N-dealkylation sites (tertiary alicyclic amines) is 2. The zero-order valence-corrected chi connectivity index (χ0v) is 53.4. The highest BCUT2D eigenvalue weighted by atomic mass is 32.2. The number of carboxylic acids is 1. The number of anilines is 2. The number of piperidine rings is 2. The Morgan fingerprint density at radius 1 is 0.506 bits per heavy atom. The molecule has 2 atom stereocenters. The summed E-state index contributed by atoms with van der Waals surface area (Å²) in [5.41, 5.74) is 0.918. The van der Waals surface area contributed by atoms with Crippen molar-refractivity contribution in [3.05, 3.63) is 108 Å². The van der Waals surface area contributed by atoms with Crippen LogP contribution in [0.5, 0.6) is 11.5 Å². The van der Waals surface area contributed by atoms with Crippen LogP contribution in [0.3, 0.4) is 0 Å². The summed E-state index contributed by atoms with van der Waals surface area (Å²) < 4.78 is 77.0. The summed E-state index contributed by atoms with van der Waals surface area (Å²) in [4.78, 5) is 75.1. The third kappa shape index (κ3) is 27.1. The van der Waals surface area contributed by atoms with Gasteiger partial charge in [0, 0.05) is 48.7 Å². The maximum Gasteiger partial charge on any atom is 0.410 e. The van der Waals surface area contributed by atoms with Crippen LogP contribution in [-0.4, -0.2) is 138 Å². The molecule has 2 aliphatic heterocycles. The van der Waals surface area contributed by atoms with Gasteiger partial charge in [0.2, 0.25) is 20.0 Å². The molecule has 2 saturated heterocycles. The largest absolute Gasteiger partial charge is 0.497 e. The van der Waals surface area contributed by atoms with Crippen LogP contribution in [0.2, 0.25) is 0 Å². The van der Waals surface area contributed by atoms with Gasteiger partial charge in [-0.1, -0.05) is 62.3 Å². The van der Waals surface area contributed by atoms with E-state index in [4.69, 9.17) is 24.1 Å². The second-order valence-electron chi connectivity index (χ2n) is 23.1. The Bertz CT molecular complexity index is 2930. The summed E-state index contributed by atoms with van der Waals surface area (Å²) in [6.45, 7) is 25.7. The molecule has 0 aromatic heterocycles. The molecule has 2 unspecified atom stereocenters. The van der Waals surface area contributed by atoms with E-state index in [0.29, 0.717) is 59.9 Å². The molecule has 6 N–H and O–H groups in total. The van der Waals surface area contributed by atoms with E-state index in [1.807, 2.05) is 0 Å². The number of benzene rings is 4. The van der Waals surface area contributed by atoms with Crippen LogP contribution in [-0.2, 0) is 39.1 Å². The number of hydrogen-bond acceptors (Lipinski definition) is 14. The Hall–Kier alpha value is -7.28. The van der Waals surface area contributed by atoms with E-state index in [0.717, 1.165) is 17.8 Å². The predicted molar refractivity (Wildman–Crippen MR) is 327 cm³/mol. The van der Waals surface area contributed by atoms with Gasteiger partial charge in [0.1, 0.15) is 29.2 Å². The molecule has 85 heavy (non-hydrogen) atoms. The van der Waals surface area contributed by atoms with Crippen LogP contribution < -0.4 is 29.6 Å². The minimum absolute atomic E-state index is 0.0787. The van der Waals surface area contributed by atoms with Crippen molar-refractivity contribution in [3.63, 3.8) is 0 Å². The SMILES string of the molecule is CC(C)C.CC(C)C.CC(C)C.COC(=O)C(NS(=O)(=O)c1ccc(NC(=O)c2ccc(OC)cc2)cc1)C1CCN(C(=O)OC(C)(C)C)CC1.COc1ccc(C(=O)Nc2ccc(S(=O)(=O)NC(C(=O)O)C3CCN(C(=O)O)CC3)cc2)cc1. The smallest absolute Gasteiger partial charge is 0.410 e. The van der Waals surface area contributed by atoms with E-state index in [1.54, 1.807) is 74.2 Å². The number of carbonyl (C=O) groups is 6. The predicted octanol–water partition coefficient (Wildman–Crippen LogP) is 10.5. The summed E-state index contributed by atoms with van der Waals surface area (Å²) in [5, 5.41) is 24.0. The highest BCUT2D eigenvalue weighted by Crippen LogP contribution is 2.27. The molecule has 0 saturated carbocycles. The molecule has 2 aliphatic rings. The zero-order chi connectivity index (χ0) is 64.4. The summed E-state index contributed by atoms with van der Waals surface area (Å²) in [6.07, 6.45) is -0.319. The maximum absolute atomic E-state index is 13.1. The summed E-state index contributed by atoms with van der Waals surface area (Å²) in [5.74, 6) is -0.0126. The molecule has 2 heterocycles. The lowest BCUT2D eigenvalue weighted by atomic mass is 9.90. The zero-order valence-electron chi connectivity index (χ0n) is 51.8. The Labute approximate surface area is 502 Å². The molecule has 0 spiro atoms. The maximum atomic E-state index is 13.1. The Morgan fingerprint density at radius 3 is 1.12 bits per heavy atom. The minimum Gasteiger partial charge on any atom is -0.497 e. The van der Waals surface area contributed by atoms with E-state index in [9.17, 15) is 50.7 Å². The monoisotopic (exact) mass is 1230 g/mol. The molecule has 472 valence electrons. The van der Waals surface area contributed by atoms with E-state index < -0.39 is 73.7 Å². The van der Waals surface area contributed by atoms with Gasteiger partial charge in [-0.15, -0.1) is 0 Å². The van der Waals surface area contributed by atoms with Crippen molar-refractivity contribution in [1.29, 1.82) is 0 Å². The average molecular weight is 1230 g/mol. The van der Waals surface area contributed by atoms with Crippen molar-refractivity contribution in [2.24, 2.45) is 29.6 Å². The van der Waals surface area contributed by atoms with E-state index in [1.165, 1.54) is 74.8 Å². The van der Waals surface area contributed by atoms with Crippen molar-refractivity contribution < 1.29 is 74.8 Å². The van der Waals surface area contributed by atoms with E-state index in [2.05, 4.69) is 82.4 Å². The number of nitrogens with zero attached hydrogens (tertiary/aromatic N) is 2. The van der Waals surface area contributed by atoms with Crippen LogP contribution in [0.1, 0.15) is 129 Å².